The molecule has 1 heterocycles. The maximum Gasteiger partial charge on any atom is 0.228 e. The SMILES string of the molecule is CSC(=Nc1ccccc1-c1ncco1)NC#N. The lowest BCUT2D eigenvalue weighted by molar-refractivity contribution is 0.575. The molecule has 90 valence electrons. The van der Waals surface area contributed by atoms with E-state index in [1.807, 2.05) is 36.7 Å². The van der Waals surface area contributed by atoms with Gasteiger partial charge in [0.15, 0.2) is 11.4 Å². The van der Waals surface area contributed by atoms with Crippen molar-refractivity contribution >= 4 is 22.6 Å². The molecule has 1 N–H and O–H groups in total. The van der Waals surface area contributed by atoms with Crippen molar-refractivity contribution in [3.8, 4) is 17.6 Å². The number of nitrogens with zero attached hydrogens (tertiary/aromatic N) is 3. The van der Waals surface area contributed by atoms with Crippen LogP contribution >= 0.6 is 11.8 Å². The van der Waals surface area contributed by atoms with E-state index in [0.29, 0.717) is 16.7 Å². The van der Waals surface area contributed by atoms with Crippen LogP contribution in [0, 0.1) is 11.5 Å². The van der Waals surface area contributed by atoms with E-state index in [2.05, 4.69) is 15.3 Å². The summed E-state index contributed by atoms with van der Waals surface area (Å²) in [6, 6.07) is 7.47. The van der Waals surface area contributed by atoms with Crippen LogP contribution < -0.4 is 5.32 Å². The number of oxazole rings is 1. The predicted molar refractivity (Wildman–Crippen MR) is 71.3 cm³/mol. The molecular formula is C12H10N4OS. The molecule has 0 atom stereocenters. The largest absolute Gasteiger partial charge is 0.444 e. The zero-order chi connectivity index (χ0) is 12.8. The van der Waals surface area contributed by atoms with E-state index >= 15 is 0 Å². The zero-order valence-corrected chi connectivity index (χ0v) is 10.4. The van der Waals surface area contributed by atoms with Gasteiger partial charge in [-0.2, -0.15) is 5.26 Å². The van der Waals surface area contributed by atoms with Gasteiger partial charge >= 0.3 is 0 Å². The summed E-state index contributed by atoms with van der Waals surface area (Å²) >= 11 is 1.36. The van der Waals surface area contributed by atoms with Gasteiger partial charge in [0.05, 0.1) is 17.4 Å². The van der Waals surface area contributed by atoms with Crippen LogP contribution in [0.15, 0.2) is 46.1 Å². The standard InChI is InChI=1S/C12H10N4OS/c1-18-12(15-8-13)16-10-5-3-2-4-9(10)11-14-6-7-17-11/h2-7H,1H3,(H,15,16). The third-order valence-corrected chi connectivity index (χ3v) is 2.73. The van der Waals surface area contributed by atoms with Gasteiger partial charge in [-0.3, -0.25) is 5.32 Å². The lowest BCUT2D eigenvalue weighted by Crippen LogP contribution is -2.12. The van der Waals surface area contributed by atoms with Gasteiger partial charge in [-0.25, -0.2) is 9.98 Å². The number of amidine groups is 1. The summed E-state index contributed by atoms with van der Waals surface area (Å²) in [4.78, 5) is 8.47. The van der Waals surface area contributed by atoms with Crippen molar-refractivity contribution in [2.45, 2.75) is 0 Å². The third kappa shape index (κ3) is 2.70. The van der Waals surface area contributed by atoms with Crippen LogP contribution in [-0.4, -0.2) is 16.4 Å². The molecule has 0 unspecified atom stereocenters. The first-order valence-electron chi connectivity index (χ1n) is 5.12. The molecule has 0 aliphatic heterocycles. The van der Waals surface area contributed by atoms with Crippen molar-refractivity contribution in [3.63, 3.8) is 0 Å². The highest BCUT2D eigenvalue weighted by Gasteiger charge is 2.08. The number of hydrogen-bond acceptors (Lipinski definition) is 5. The fraction of sp³-hybridized carbons (Fsp3) is 0.0833. The molecule has 0 amide bonds. The first-order chi connectivity index (χ1) is 8.85. The lowest BCUT2D eigenvalue weighted by Gasteiger charge is -2.03. The number of nitriles is 1. The summed E-state index contributed by atoms with van der Waals surface area (Å²) < 4.78 is 5.26. The summed E-state index contributed by atoms with van der Waals surface area (Å²) in [7, 11) is 0. The first-order valence-corrected chi connectivity index (χ1v) is 6.34. The van der Waals surface area contributed by atoms with E-state index in [0.717, 1.165) is 5.56 Å². The molecule has 0 saturated carbocycles. The summed E-state index contributed by atoms with van der Waals surface area (Å²) in [6.45, 7) is 0. The Morgan fingerprint density at radius 1 is 1.50 bits per heavy atom. The van der Waals surface area contributed by atoms with E-state index < -0.39 is 0 Å². The fourth-order valence-corrected chi connectivity index (χ4v) is 1.73. The molecule has 0 aliphatic rings. The first kappa shape index (κ1) is 12.2. The topological polar surface area (TPSA) is 74.2 Å². The summed E-state index contributed by atoms with van der Waals surface area (Å²) in [5.74, 6) is 0.506. The highest BCUT2D eigenvalue weighted by Crippen LogP contribution is 2.29. The van der Waals surface area contributed by atoms with Crippen molar-refractivity contribution in [1.82, 2.24) is 10.3 Å². The average Bonchev–Trinajstić information content (AvgIpc) is 2.92. The van der Waals surface area contributed by atoms with Crippen LogP contribution in [0.4, 0.5) is 5.69 Å². The smallest absolute Gasteiger partial charge is 0.228 e. The second-order valence-electron chi connectivity index (χ2n) is 3.21. The van der Waals surface area contributed by atoms with E-state index in [9.17, 15) is 0 Å². The Morgan fingerprint density at radius 2 is 2.33 bits per heavy atom. The van der Waals surface area contributed by atoms with Crippen LogP contribution in [-0.2, 0) is 0 Å². The molecular weight excluding hydrogens is 248 g/mol. The van der Waals surface area contributed by atoms with Gasteiger partial charge < -0.3 is 4.42 Å². The number of aromatic nitrogens is 1. The molecule has 2 aromatic rings. The Labute approximate surface area is 109 Å². The Hall–Kier alpha value is -2.26. The second-order valence-corrected chi connectivity index (χ2v) is 4.01. The van der Waals surface area contributed by atoms with Crippen LogP contribution in [0.25, 0.3) is 11.5 Å². The minimum atomic E-state index is 0.506. The van der Waals surface area contributed by atoms with Crippen molar-refractivity contribution in [3.05, 3.63) is 36.7 Å². The van der Waals surface area contributed by atoms with Crippen molar-refractivity contribution < 1.29 is 4.42 Å². The molecule has 0 fully saturated rings. The van der Waals surface area contributed by atoms with Crippen molar-refractivity contribution in [2.24, 2.45) is 4.99 Å². The number of para-hydroxylation sites is 1. The predicted octanol–water partition coefficient (Wildman–Crippen LogP) is 2.76. The number of thioether (sulfide) groups is 1. The molecule has 5 nitrogen and oxygen atoms in total. The molecule has 1 aromatic heterocycles. The molecule has 0 spiro atoms. The van der Waals surface area contributed by atoms with Crippen LogP contribution in [0.2, 0.25) is 0 Å². The Morgan fingerprint density at radius 3 is 3.00 bits per heavy atom. The Balaban J connectivity index is 2.43. The van der Waals surface area contributed by atoms with Gasteiger partial charge in [-0.1, -0.05) is 23.9 Å². The quantitative estimate of drug-likeness (QED) is 0.388. The van der Waals surface area contributed by atoms with Gasteiger partial charge in [-0.05, 0) is 18.4 Å². The van der Waals surface area contributed by atoms with Gasteiger partial charge in [0.1, 0.15) is 6.26 Å². The molecule has 0 saturated heterocycles. The highest BCUT2D eigenvalue weighted by atomic mass is 32.2. The van der Waals surface area contributed by atoms with E-state index in [1.54, 1.807) is 6.20 Å². The maximum atomic E-state index is 8.61. The molecule has 0 radical (unpaired) electrons. The number of rotatable bonds is 2. The third-order valence-electron chi connectivity index (χ3n) is 2.14. The average molecular weight is 258 g/mol. The van der Waals surface area contributed by atoms with Crippen LogP contribution in [0.5, 0.6) is 0 Å². The normalized spacial score (nSPS) is 11.0. The Kier molecular flexibility index (Phi) is 3.99. The molecule has 18 heavy (non-hydrogen) atoms. The zero-order valence-electron chi connectivity index (χ0n) is 9.62. The number of aliphatic imine (C=N–C) groups is 1. The van der Waals surface area contributed by atoms with Gasteiger partial charge in [0.2, 0.25) is 5.89 Å². The van der Waals surface area contributed by atoms with Gasteiger partial charge in [-0.15, -0.1) is 0 Å². The summed E-state index contributed by atoms with van der Waals surface area (Å²) in [6.07, 6.45) is 6.79. The molecule has 1 aromatic carbocycles. The van der Waals surface area contributed by atoms with E-state index in [-0.39, 0.29) is 0 Å². The monoisotopic (exact) mass is 258 g/mol. The number of benzene rings is 1. The highest BCUT2D eigenvalue weighted by molar-refractivity contribution is 8.13. The number of nitrogens with one attached hydrogen (secondary N) is 1. The van der Waals surface area contributed by atoms with Crippen LogP contribution in [0.3, 0.4) is 0 Å². The minimum Gasteiger partial charge on any atom is -0.444 e. The van der Waals surface area contributed by atoms with Crippen molar-refractivity contribution in [2.75, 3.05) is 6.26 Å². The van der Waals surface area contributed by atoms with E-state index in [1.165, 1.54) is 18.0 Å². The van der Waals surface area contributed by atoms with E-state index in [4.69, 9.17) is 9.68 Å². The lowest BCUT2D eigenvalue weighted by atomic mass is 10.2. The molecule has 6 heteroatoms. The molecule has 2 rings (SSSR count). The summed E-state index contributed by atoms with van der Waals surface area (Å²) in [5, 5.41) is 11.7. The van der Waals surface area contributed by atoms with Crippen molar-refractivity contribution in [1.29, 1.82) is 5.26 Å². The maximum absolute atomic E-state index is 8.61. The van der Waals surface area contributed by atoms with Gasteiger partial charge in [0.25, 0.3) is 0 Å². The summed E-state index contributed by atoms with van der Waals surface area (Å²) in [5.41, 5.74) is 1.49. The molecule has 0 bridgehead atoms. The Bertz CT molecular complexity index is 586. The van der Waals surface area contributed by atoms with Crippen LogP contribution in [0.1, 0.15) is 0 Å². The number of hydrogen-bond donors (Lipinski definition) is 1. The minimum absolute atomic E-state index is 0.506. The fourth-order valence-electron chi connectivity index (χ4n) is 1.39. The second kappa shape index (κ2) is 5.89. The molecule has 0 aliphatic carbocycles. The van der Waals surface area contributed by atoms with Gasteiger partial charge in [0, 0.05) is 0 Å².